The summed E-state index contributed by atoms with van der Waals surface area (Å²) in [6.45, 7) is 4.59. The van der Waals surface area contributed by atoms with E-state index in [1.807, 2.05) is 51.0 Å². The molecule has 1 N–H and O–H groups in total. The van der Waals surface area contributed by atoms with E-state index in [0.29, 0.717) is 41.5 Å². The Hall–Kier alpha value is -3.52. The largest absolute Gasteiger partial charge is 0.507 e. The second-order valence-corrected chi connectivity index (χ2v) is 8.57. The topological polar surface area (TPSA) is 88.5 Å². The fourth-order valence-electron chi connectivity index (χ4n) is 4.16. The Morgan fingerprint density at radius 3 is 2.15 bits per heavy atom. The smallest absolute Gasteiger partial charge is 0.295 e. The second-order valence-electron chi connectivity index (χ2n) is 8.57. The number of aliphatic hydroxyl groups is 1. The van der Waals surface area contributed by atoms with Gasteiger partial charge in [-0.25, -0.2) is 0 Å². The molecule has 0 aromatic heterocycles. The highest BCUT2D eigenvalue weighted by Crippen LogP contribution is 2.45. The van der Waals surface area contributed by atoms with E-state index in [4.69, 9.17) is 14.2 Å². The van der Waals surface area contributed by atoms with Gasteiger partial charge < -0.3 is 29.1 Å². The fraction of sp³-hybridized carbons (Fsp3) is 0.385. The number of carbonyl (C=O) groups excluding carboxylic acids is 2. The molecule has 2 aromatic rings. The molecule has 182 valence electrons. The number of hydrogen-bond donors (Lipinski definition) is 1. The van der Waals surface area contributed by atoms with E-state index >= 15 is 0 Å². The zero-order chi connectivity index (χ0) is 25.2. The standard InChI is InChI=1S/C26H32N2O6/c1-15-8-9-16(2)18(12-15)23(29)21-22(28(11-10-27(3)4)26(31)24(21)30)17-13-19(32-5)25(34-7)20(14-17)33-6/h8-9,12-14,22,29H,10-11H2,1-7H3/b23-21+. The molecule has 1 aliphatic heterocycles. The third-order valence-corrected chi connectivity index (χ3v) is 5.98. The summed E-state index contributed by atoms with van der Waals surface area (Å²) in [5.74, 6) is -0.411. The first-order chi connectivity index (χ1) is 16.1. The normalized spacial score (nSPS) is 17.4. The highest BCUT2D eigenvalue weighted by atomic mass is 16.5. The van der Waals surface area contributed by atoms with Crippen molar-refractivity contribution in [2.24, 2.45) is 0 Å². The van der Waals surface area contributed by atoms with Crippen LogP contribution >= 0.6 is 0 Å². The molecule has 0 spiro atoms. The van der Waals surface area contributed by atoms with Crippen molar-refractivity contribution < 1.29 is 28.9 Å². The molecule has 1 saturated heterocycles. The third-order valence-electron chi connectivity index (χ3n) is 5.98. The molecule has 34 heavy (non-hydrogen) atoms. The number of amides is 1. The lowest BCUT2D eigenvalue weighted by Crippen LogP contribution is -2.35. The molecule has 8 heteroatoms. The van der Waals surface area contributed by atoms with E-state index < -0.39 is 17.7 Å². The van der Waals surface area contributed by atoms with Crippen LogP contribution in [-0.2, 0) is 9.59 Å². The maximum Gasteiger partial charge on any atom is 0.295 e. The third kappa shape index (κ3) is 4.59. The van der Waals surface area contributed by atoms with Crippen LogP contribution in [0.2, 0.25) is 0 Å². The zero-order valence-electron chi connectivity index (χ0n) is 20.8. The summed E-state index contributed by atoms with van der Waals surface area (Å²) in [4.78, 5) is 29.8. The number of rotatable bonds is 8. The predicted octanol–water partition coefficient (Wildman–Crippen LogP) is 3.31. The van der Waals surface area contributed by atoms with Gasteiger partial charge in [-0.1, -0.05) is 17.7 Å². The Morgan fingerprint density at radius 1 is 1.00 bits per heavy atom. The van der Waals surface area contributed by atoms with Gasteiger partial charge in [-0.2, -0.15) is 0 Å². The van der Waals surface area contributed by atoms with Gasteiger partial charge in [0.15, 0.2) is 11.5 Å². The molecule has 2 aromatic carbocycles. The molecule has 1 fully saturated rings. The number of hydrogen-bond acceptors (Lipinski definition) is 7. The summed E-state index contributed by atoms with van der Waals surface area (Å²) in [6, 6.07) is 8.20. The zero-order valence-corrected chi connectivity index (χ0v) is 20.8. The SMILES string of the molecule is COc1cc(C2/C(=C(\O)c3cc(C)ccc3C)C(=O)C(=O)N2CCN(C)C)cc(OC)c1OC. The molecule has 0 aliphatic carbocycles. The molecule has 1 amide bonds. The van der Waals surface area contributed by atoms with Gasteiger partial charge in [0.1, 0.15) is 5.76 Å². The summed E-state index contributed by atoms with van der Waals surface area (Å²) in [5.41, 5.74) is 2.85. The first-order valence-electron chi connectivity index (χ1n) is 10.9. The number of likely N-dealkylation sites (tertiary alicyclic amines) is 1. The van der Waals surface area contributed by atoms with Gasteiger partial charge in [-0.05, 0) is 57.3 Å². The van der Waals surface area contributed by atoms with Crippen molar-refractivity contribution in [3.8, 4) is 17.2 Å². The number of ether oxygens (including phenoxy) is 3. The number of ketones is 1. The van der Waals surface area contributed by atoms with Crippen LogP contribution in [0.25, 0.3) is 5.76 Å². The van der Waals surface area contributed by atoms with Crippen LogP contribution in [0.3, 0.4) is 0 Å². The average Bonchev–Trinajstić information content (AvgIpc) is 3.07. The van der Waals surface area contributed by atoms with Crippen LogP contribution < -0.4 is 14.2 Å². The van der Waals surface area contributed by atoms with E-state index in [-0.39, 0.29) is 11.3 Å². The number of nitrogens with zero attached hydrogens (tertiary/aromatic N) is 2. The molecule has 1 atom stereocenters. The molecule has 0 saturated carbocycles. The highest BCUT2D eigenvalue weighted by Gasteiger charge is 2.46. The number of benzene rings is 2. The van der Waals surface area contributed by atoms with Crippen molar-refractivity contribution in [3.05, 3.63) is 58.2 Å². The van der Waals surface area contributed by atoms with Crippen molar-refractivity contribution in [1.82, 2.24) is 9.80 Å². The quantitative estimate of drug-likeness (QED) is 0.361. The first-order valence-corrected chi connectivity index (χ1v) is 10.9. The van der Waals surface area contributed by atoms with E-state index in [2.05, 4.69) is 0 Å². The number of carbonyl (C=O) groups is 2. The lowest BCUT2D eigenvalue weighted by molar-refractivity contribution is -0.140. The average molecular weight is 469 g/mol. The lowest BCUT2D eigenvalue weighted by Gasteiger charge is -2.27. The van der Waals surface area contributed by atoms with Crippen LogP contribution in [0, 0.1) is 13.8 Å². The molecule has 1 aliphatic rings. The van der Waals surface area contributed by atoms with Gasteiger partial charge in [0.05, 0.1) is 32.9 Å². The van der Waals surface area contributed by atoms with Gasteiger partial charge in [0.25, 0.3) is 11.7 Å². The number of likely N-dealkylation sites (N-methyl/N-ethyl adjacent to an activating group) is 1. The van der Waals surface area contributed by atoms with Crippen LogP contribution in [-0.4, -0.2) is 75.1 Å². The van der Waals surface area contributed by atoms with Crippen LogP contribution in [0.15, 0.2) is 35.9 Å². The molecular weight excluding hydrogens is 436 g/mol. The minimum Gasteiger partial charge on any atom is -0.507 e. The van der Waals surface area contributed by atoms with E-state index in [1.165, 1.54) is 26.2 Å². The minimum atomic E-state index is -0.825. The molecule has 8 nitrogen and oxygen atoms in total. The van der Waals surface area contributed by atoms with Crippen molar-refractivity contribution in [3.63, 3.8) is 0 Å². The van der Waals surface area contributed by atoms with Crippen molar-refractivity contribution >= 4 is 17.4 Å². The Labute approximate surface area is 200 Å². The van der Waals surface area contributed by atoms with E-state index in [9.17, 15) is 14.7 Å². The van der Waals surface area contributed by atoms with Crippen LogP contribution in [0.4, 0.5) is 0 Å². The molecule has 0 radical (unpaired) electrons. The highest BCUT2D eigenvalue weighted by molar-refractivity contribution is 6.46. The van der Waals surface area contributed by atoms with Crippen molar-refractivity contribution in [2.75, 3.05) is 48.5 Å². The van der Waals surface area contributed by atoms with Gasteiger partial charge >= 0.3 is 0 Å². The van der Waals surface area contributed by atoms with Crippen molar-refractivity contribution in [1.29, 1.82) is 0 Å². The van der Waals surface area contributed by atoms with Gasteiger partial charge in [-0.3, -0.25) is 9.59 Å². The van der Waals surface area contributed by atoms with Crippen molar-refractivity contribution in [2.45, 2.75) is 19.9 Å². The maximum absolute atomic E-state index is 13.3. The molecule has 1 unspecified atom stereocenters. The molecule has 1 heterocycles. The molecular formula is C26H32N2O6. The van der Waals surface area contributed by atoms with Gasteiger partial charge in [0, 0.05) is 18.7 Å². The Kier molecular flexibility index (Phi) is 7.51. The Bertz CT molecular complexity index is 1110. The second kappa shape index (κ2) is 10.2. The fourth-order valence-corrected chi connectivity index (χ4v) is 4.16. The lowest BCUT2D eigenvalue weighted by atomic mass is 9.93. The molecule has 3 rings (SSSR count). The van der Waals surface area contributed by atoms with Crippen LogP contribution in [0.1, 0.15) is 28.3 Å². The van der Waals surface area contributed by atoms with Gasteiger partial charge in [0.2, 0.25) is 5.75 Å². The van der Waals surface area contributed by atoms with E-state index in [1.54, 1.807) is 12.1 Å². The summed E-state index contributed by atoms with van der Waals surface area (Å²) in [6.07, 6.45) is 0. The number of aliphatic hydroxyl groups excluding tert-OH is 1. The number of aryl methyl sites for hydroxylation is 2. The minimum absolute atomic E-state index is 0.0340. The summed E-state index contributed by atoms with van der Waals surface area (Å²) >= 11 is 0. The predicted molar refractivity (Wildman–Crippen MR) is 130 cm³/mol. The van der Waals surface area contributed by atoms with Crippen LogP contribution in [0.5, 0.6) is 17.2 Å². The summed E-state index contributed by atoms with van der Waals surface area (Å²) in [7, 11) is 8.28. The first kappa shape index (κ1) is 25.1. The summed E-state index contributed by atoms with van der Waals surface area (Å²) < 4.78 is 16.4. The monoisotopic (exact) mass is 468 g/mol. The molecule has 0 bridgehead atoms. The van der Waals surface area contributed by atoms with E-state index in [0.717, 1.165) is 11.1 Å². The maximum atomic E-state index is 13.3. The number of methoxy groups -OCH3 is 3. The van der Waals surface area contributed by atoms with Gasteiger partial charge in [-0.15, -0.1) is 0 Å². The summed E-state index contributed by atoms with van der Waals surface area (Å²) in [5, 5.41) is 11.4. The Morgan fingerprint density at radius 2 is 1.62 bits per heavy atom. The Balaban J connectivity index is 2.30. The number of Topliss-reactive ketones (excluding diaryl/α,β-unsaturated/α-hetero) is 1.